The fourth-order valence-electron chi connectivity index (χ4n) is 2.79. The number of methoxy groups -OCH3 is 1. The smallest absolute Gasteiger partial charge is 0.245 e. The number of rotatable bonds is 8. The van der Waals surface area contributed by atoms with E-state index in [9.17, 15) is 16.8 Å². The van der Waals surface area contributed by atoms with Crippen LogP contribution in [0.25, 0.3) is 0 Å². The number of benzene rings is 1. The molecule has 0 aliphatic carbocycles. The maximum atomic E-state index is 13.0. The lowest BCUT2D eigenvalue weighted by atomic mass is 10.1. The SMILES string of the molecule is CCS(=O)(=O)Nc1cc(OC)ccc1S(=O)(=O)N1CCC(CNC)C1. The van der Waals surface area contributed by atoms with Crippen molar-refractivity contribution in [3.8, 4) is 5.75 Å². The van der Waals surface area contributed by atoms with Crippen LogP contribution in [0.1, 0.15) is 13.3 Å². The maximum absolute atomic E-state index is 13.0. The van der Waals surface area contributed by atoms with Gasteiger partial charge in [0.15, 0.2) is 0 Å². The molecule has 0 radical (unpaired) electrons. The first-order valence-corrected chi connectivity index (χ1v) is 11.2. The van der Waals surface area contributed by atoms with Gasteiger partial charge in [0.25, 0.3) is 0 Å². The van der Waals surface area contributed by atoms with E-state index in [0.717, 1.165) is 13.0 Å². The first-order valence-electron chi connectivity index (χ1n) is 8.06. The lowest BCUT2D eigenvalue weighted by Gasteiger charge is -2.20. The first-order chi connectivity index (χ1) is 11.7. The monoisotopic (exact) mass is 391 g/mol. The van der Waals surface area contributed by atoms with Gasteiger partial charge in [0.2, 0.25) is 20.0 Å². The molecular formula is C15H25N3O5S2. The Hall–Kier alpha value is -1.36. The molecule has 1 saturated heterocycles. The molecule has 10 heteroatoms. The van der Waals surface area contributed by atoms with Gasteiger partial charge < -0.3 is 10.1 Å². The number of nitrogens with one attached hydrogen (secondary N) is 2. The summed E-state index contributed by atoms with van der Waals surface area (Å²) in [6.45, 7) is 3.05. The van der Waals surface area contributed by atoms with Crippen LogP contribution >= 0.6 is 0 Å². The van der Waals surface area contributed by atoms with Gasteiger partial charge in [-0.05, 0) is 45.0 Å². The Balaban J connectivity index is 2.40. The zero-order valence-corrected chi connectivity index (χ0v) is 16.3. The number of ether oxygens (including phenoxy) is 1. The summed E-state index contributed by atoms with van der Waals surface area (Å²) in [5.41, 5.74) is 0.0123. The van der Waals surface area contributed by atoms with Crippen molar-refractivity contribution in [2.24, 2.45) is 5.92 Å². The van der Waals surface area contributed by atoms with Crippen LogP contribution in [0.4, 0.5) is 5.69 Å². The van der Waals surface area contributed by atoms with Crippen LogP contribution in [0.3, 0.4) is 0 Å². The van der Waals surface area contributed by atoms with E-state index in [1.807, 2.05) is 7.05 Å². The molecule has 0 aromatic heterocycles. The van der Waals surface area contributed by atoms with E-state index in [-0.39, 0.29) is 22.3 Å². The molecule has 1 aromatic carbocycles. The Morgan fingerprint density at radius 3 is 2.60 bits per heavy atom. The Kier molecular flexibility index (Phi) is 6.30. The summed E-state index contributed by atoms with van der Waals surface area (Å²) >= 11 is 0. The molecule has 1 heterocycles. The predicted molar refractivity (Wildman–Crippen MR) is 96.9 cm³/mol. The van der Waals surface area contributed by atoms with Crippen molar-refractivity contribution in [1.82, 2.24) is 9.62 Å². The van der Waals surface area contributed by atoms with Crippen molar-refractivity contribution in [3.63, 3.8) is 0 Å². The predicted octanol–water partition coefficient (Wildman–Crippen LogP) is 0.687. The van der Waals surface area contributed by atoms with E-state index in [1.165, 1.54) is 36.5 Å². The molecule has 1 aliphatic rings. The zero-order valence-electron chi connectivity index (χ0n) is 14.6. The molecule has 1 fully saturated rings. The van der Waals surface area contributed by atoms with E-state index in [1.54, 1.807) is 0 Å². The highest BCUT2D eigenvalue weighted by atomic mass is 32.2. The highest BCUT2D eigenvalue weighted by Gasteiger charge is 2.34. The van der Waals surface area contributed by atoms with Crippen LogP contribution in [-0.4, -0.2) is 60.7 Å². The van der Waals surface area contributed by atoms with Gasteiger partial charge in [0, 0.05) is 19.2 Å². The topological polar surface area (TPSA) is 105 Å². The lowest BCUT2D eigenvalue weighted by Crippen LogP contribution is -2.31. The van der Waals surface area contributed by atoms with E-state index < -0.39 is 20.0 Å². The molecule has 0 saturated carbocycles. The molecule has 1 unspecified atom stereocenters. The van der Waals surface area contributed by atoms with Crippen molar-refractivity contribution >= 4 is 25.7 Å². The van der Waals surface area contributed by atoms with E-state index >= 15 is 0 Å². The molecule has 2 rings (SSSR count). The molecule has 1 aromatic rings. The number of anilines is 1. The van der Waals surface area contributed by atoms with Crippen molar-refractivity contribution in [3.05, 3.63) is 18.2 Å². The Bertz CT molecular complexity index is 808. The fourth-order valence-corrected chi connectivity index (χ4v) is 5.16. The summed E-state index contributed by atoms with van der Waals surface area (Å²) in [5.74, 6) is 0.466. The van der Waals surface area contributed by atoms with Crippen molar-refractivity contribution < 1.29 is 21.6 Å². The Labute approximate surface area is 149 Å². The highest BCUT2D eigenvalue weighted by Crippen LogP contribution is 2.32. The molecule has 0 amide bonds. The Morgan fingerprint density at radius 2 is 2.00 bits per heavy atom. The van der Waals surface area contributed by atoms with Crippen LogP contribution in [0.2, 0.25) is 0 Å². The van der Waals surface area contributed by atoms with Crippen LogP contribution in [-0.2, 0) is 20.0 Å². The number of sulfonamides is 2. The van der Waals surface area contributed by atoms with Crippen molar-refractivity contribution in [2.75, 3.05) is 44.3 Å². The highest BCUT2D eigenvalue weighted by molar-refractivity contribution is 7.93. The van der Waals surface area contributed by atoms with E-state index in [0.29, 0.717) is 18.8 Å². The van der Waals surface area contributed by atoms with Gasteiger partial charge in [-0.25, -0.2) is 16.8 Å². The summed E-state index contributed by atoms with van der Waals surface area (Å²) in [6, 6.07) is 4.28. The minimum atomic E-state index is -3.80. The standard InChI is InChI=1S/C15H25N3O5S2/c1-4-24(19,20)17-14-9-13(23-3)5-6-15(14)25(21,22)18-8-7-12(11-18)10-16-2/h5-6,9,12,16-17H,4,7-8,10-11H2,1-3H3. The summed E-state index contributed by atoms with van der Waals surface area (Å²) in [6.07, 6.45) is 0.770. The molecule has 8 nitrogen and oxygen atoms in total. The van der Waals surface area contributed by atoms with Gasteiger partial charge in [0.05, 0.1) is 18.6 Å². The van der Waals surface area contributed by atoms with Gasteiger partial charge in [-0.2, -0.15) is 4.31 Å². The molecule has 25 heavy (non-hydrogen) atoms. The van der Waals surface area contributed by atoms with Gasteiger partial charge in [-0.3, -0.25) is 4.72 Å². The summed E-state index contributed by atoms with van der Waals surface area (Å²) in [5, 5.41) is 3.06. The second-order valence-electron chi connectivity index (χ2n) is 5.94. The third-order valence-corrected chi connectivity index (χ3v) is 7.41. The number of nitrogens with zero attached hydrogens (tertiary/aromatic N) is 1. The average Bonchev–Trinajstić information content (AvgIpc) is 3.04. The zero-order chi connectivity index (χ0) is 18.7. The number of hydrogen-bond donors (Lipinski definition) is 2. The molecule has 2 N–H and O–H groups in total. The van der Waals surface area contributed by atoms with E-state index in [4.69, 9.17) is 4.74 Å². The van der Waals surface area contributed by atoms with E-state index in [2.05, 4.69) is 10.0 Å². The molecule has 0 spiro atoms. The molecule has 1 atom stereocenters. The first kappa shape index (κ1) is 20.0. The fraction of sp³-hybridized carbons (Fsp3) is 0.600. The third kappa shape index (κ3) is 4.63. The van der Waals surface area contributed by atoms with Gasteiger partial charge in [-0.15, -0.1) is 0 Å². The Morgan fingerprint density at radius 1 is 1.28 bits per heavy atom. The normalized spacial score (nSPS) is 19.1. The second-order valence-corrected chi connectivity index (χ2v) is 9.86. The maximum Gasteiger partial charge on any atom is 0.245 e. The average molecular weight is 392 g/mol. The quantitative estimate of drug-likeness (QED) is 0.675. The summed E-state index contributed by atoms with van der Waals surface area (Å²) in [4.78, 5) is -0.0598. The summed E-state index contributed by atoms with van der Waals surface area (Å²) < 4.78 is 58.7. The number of hydrogen-bond acceptors (Lipinski definition) is 6. The van der Waals surface area contributed by atoms with Crippen molar-refractivity contribution in [2.45, 2.75) is 18.2 Å². The van der Waals surface area contributed by atoms with Crippen LogP contribution in [0.15, 0.2) is 23.1 Å². The minimum Gasteiger partial charge on any atom is -0.497 e. The van der Waals surface area contributed by atoms with Crippen LogP contribution < -0.4 is 14.8 Å². The minimum absolute atomic E-state index is 0.0123. The van der Waals surface area contributed by atoms with Crippen LogP contribution in [0.5, 0.6) is 5.75 Å². The third-order valence-electron chi connectivity index (χ3n) is 4.19. The van der Waals surface area contributed by atoms with Crippen molar-refractivity contribution in [1.29, 1.82) is 0 Å². The van der Waals surface area contributed by atoms with Gasteiger partial charge in [0.1, 0.15) is 10.6 Å². The molecule has 0 bridgehead atoms. The molecule has 1 aliphatic heterocycles. The van der Waals surface area contributed by atoms with Crippen LogP contribution in [0, 0.1) is 5.92 Å². The summed E-state index contributed by atoms with van der Waals surface area (Å²) in [7, 11) is -4.16. The second kappa shape index (κ2) is 7.90. The van der Waals surface area contributed by atoms with Gasteiger partial charge >= 0.3 is 0 Å². The van der Waals surface area contributed by atoms with Gasteiger partial charge in [-0.1, -0.05) is 0 Å². The molecule has 142 valence electrons. The lowest BCUT2D eigenvalue weighted by molar-refractivity contribution is 0.414. The largest absolute Gasteiger partial charge is 0.497 e. The molecular weight excluding hydrogens is 366 g/mol.